The normalized spacial score (nSPS) is 22.1. The molecule has 0 bridgehead atoms. The Kier molecular flexibility index (Phi) is 2.18. The molecule has 0 saturated carbocycles. The van der Waals surface area contributed by atoms with Crippen molar-refractivity contribution in [2.24, 2.45) is 0 Å². The van der Waals surface area contributed by atoms with Crippen LogP contribution in [0.1, 0.15) is 0 Å². The number of rotatable bonds is 0. The van der Waals surface area contributed by atoms with E-state index in [1.54, 1.807) is 11.2 Å². The van der Waals surface area contributed by atoms with Crippen LogP contribution >= 0.6 is 23.4 Å². The molecule has 9 heavy (non-hydrogen) atoms. The molecule has 0 saturated heterocycles. The van der Waals surface area contributed by atoms with Crippen LogP contribution in [0.2, 0.25) is 0 Å². The van der Waals surface area contributed by atoms with Crippen molar-refractivity contribution in [3.8, 4) is 0 Å². The highest BCUT2D eigenvalue weighted by Crippen LogP contribution is 2.09. The SMILES string of the molecule is CN1C=C(Cl)CN(Cl)N1. The number of nitrogens with zero attached hydrogens (tertiary/aromatic N) is 2. The minimum atomic E-state index is 0.535. The molecule has 0 fully saturated rings. The van der Waals surface area contributed by atoms with Crippen LogP contribution in [0.5, 0.6) is 0 Å². The first-order valence-electron chi connectivity index (χ1n) is 2.47. The Bertz CT molecular complexity index is 136. The minimum Gasteiger partial charge on any atom is -0.303 e. The van der Waals surface area contributed by atoms with Crippen LogP contribution in [0.25, 0.3) is 0 Å². The Labute approximate surface area is 63.9 Å². The van der Waals surface area contributed by atoms with Crippen LogP contribution in [0, 0.1) is 0 Å². The average Bonchev–Trinajstić information content (AvgIpc) is 1.59. The number of halogens is 2. The summed E-state index contributed by atoms with van der Waals surface area (Å²) in [5.41, 5.74) is 2.78. The lowest BCUT2D eigenvalue weighted by molar-refractivity contribution is 0.158. The van der Waals surface area contributed by atoms with Gasteiger partial charge in [-0.05, 0) is 11.8 Å². The number of hydrazine groups is 2. The summed E-state index contributed by atoms with van der Waals surface area (Å²) in [6, 6.07) is 0. The van der Waals surface area contributed by atoms with Gasteiger partial charge in [0.15, 0.2) is 0 Å². The fourth-order valence-electron chi connectivity index (χ4n) is 0.619. The maximum absolute atomic E-state index is 5.66. The largest absolute Gasteiger partial charge is 0.303 e. The summed E-state index contributed by atoms with van der Waals surface area (Å²) < 4.78 is 1.38. The fourth-order valence-corrected chi connectivity index (χ4v) is 1.19. The van der Waals surface area contributed by atoms with Crippen molar-refractivity contribution in [2.45, 2.75) is 0 Å². The highest BCUT2D eigenvalue weighted by atomic mass is 35.5. The predicted molar refractivity (Wildman–Crippen MR) is 37.4 cm³/mol. The van der Waals surface area contributed by atoms with E-state index in [4.69, 9.17) is 23.4 Å². The van der Waals surface area contributed by atoms with E-state index in [1.165, 1.54) is 4.53 Å². The van der Waals surface area contributed by atoms with E-state index in [0.29, 0.717) is 11.6 Å². The number of hydrogen-bond acceptors (Lipinski definition) is 3. The molecule has 1 rings (SSSR count). The Hall–Kier alpha value is 0.0400. The van der Waals surface area contributed by atoms with Crippen LogP contribution in [0.4, 0.5) is 0 Å². The van der Waals surface area contributed by atoms with Gasteiger partial charge in [0, 0.05) is 13.2 Å². The molecule has 1 heterocycles. The van der Waals surface area contributed by atoms with E-state index < -0.39 is 0 Å². The van der Waals surface area contributed by atoms with E-state index in [1.807, 2.05) is 7.05 Å². The summed E-state index contributed by atoms with van der Waals surface area (Å²) in [6.07, 6.45) is 1.76. The van der Waals surface area contributed by atoms with Gasteiger partial charge in [-0.3, -0.25) is 0 Å². The molecule has 1 aliphatic rings. The molecule has 1 aliphatic heterocycles. The van der Waals surface area contributed by atoms with Crippen molar-refractivity contribution in [3.05, 3.63) is 11.2 Å². The summed E-state index contributed by atoms with van der Waals surface area (Å²) in [5.74, 6) is 0. The Balaban J connectivity index is 2.56. The zero-order valence-electron chi connectivity index (χ0n) is 4.93. The average molecular weight is 168 g/mol. The highest BCUT2D eigenvalue weighted by molar-refractivity contribution is 6.30. The zero-order valence-corrected chi connectivity index (χ0v) is 6.45. The molecule has 0 radical (unpaired) electrons. The molecular formula is C4H7Cl2N3. The molecule has 0 spiro atoms. The molecule has 0 amide bonds. The van der Waals surface area contributed by atoms with Gasteiger partial charge in [0.05, 0.1) is 11.6 Å². The Morgan fingerprint density at radius 3 is 2.89 bits per heavy atom. The molecule has 0 aromatic carbocycles. The van der Waals surface area contributed by atoms with Crippen LogP contribution in [0.3, 0.4) is 0 Å². The molecule has 0 aliphatic carbocycles. The maximum atomic E-state index is 5.66. The molecule has 1 N–H and O–H groups in total. The van der Waals surface area contributed by atoms with Crippen LogP contribution in [-0.2, 0) is 0 Å². The molecule has 0 atom stereocenters. The van der Waals surface area contributed by atoms with Gasteiger partial charge in [-0.25, -0.2) is 0 Å². The third-order valence-corrected chi connectivity index (χ3v) is 1.30. The summed E-state index contributed by atoms with van der Waals surface area (Å²) in [6.45, 7) is 0.535. The maximum Gasteiger partial charge on any atom is 0.0687 e. The number of hydrogen-bond donors (Lipinski definition) is 1. The highest BCUT2D eigenvalue weighted by Gasteiger charge is 2.09. The van der Waals surface area contributed by atoms with E-state index >= 15 is 0 Å². The summed E-state index contributed by atoms with van der Waals surface area (Å²) in [7, 11) is 1.82. The van der Waals surface area contributed by atoms with Crippen LogP contribution in [0.15, 0.2) is 11.2 Å². The summed E-state index contributed by atoms with van der Waals surface area (Å²) in [4.78, 5) is 0. The van der Waals surface area contributed by atoms with Crippen molar-refractivity contribution in [3.63, 3.8) is 0 Å². The molecule has 0 unspecified atom stereocenters. The zero-order chi connectivity index (χ0) is 6.85. The second-order valence-electron chi connectivity index (χ2n) is 1.81. The Morgan fingerprint density at radius 2 is 2.44 bits per heavy atom. The third kappa shape index (κ3) is 2.02. The van der Waals surface area contributed by atoms with E-state index in [-0.39, 0.29) is 0 Å². The number of nitrogens with one attached hydrogen (secondary N) is 1. The fraction of sp³-hybridized carbons (Fsp3) is 0.500. The first-order valence-corrected chi connectivity index (χ1v) is 3.19. The molecule has 3 nitrogen and oxygen atoms in total. The third-order valence-electron chi connectivity index (χ3n) is 0.890. The standard InChI is InChI=1S/C4H7Cl2N3/c1-8-2-4(5)3-9(6)7-8/h2,7H,3H2,1H3. The lowest BCUT2D eigenvalue weighted by atomic mass is 10.6. The summed E-state index contributed by atoms with van der Waals surface area (Å²) >= 11 is 11.2. The van der Waals surface area contributed by atoms with Gasteiger partial charge in [-0.2, -0.15) is 5.53 Å². The molecule has 0 aromatic rings. The second kappa shape index (κ2) is 2.75. The molecule has 5 heteroatoms. The smallest absolute Gasteiger partial charge is 0.0687 e. The van der Waals surface area contributed by atoms with Crippen molar-refractivity contribution < 1.29 is 0 Å². The topological polar surface area (TPSA) is 18.5 Å². The summed E-state index contributed by atoms with van der Waals surface area (Å²) in [5, 5.41) is 2.39. The van der Waals surface area contributed by atoms with Gasteiger partial charge in [-0.15, -0.1) is 4.53 Å². The first kappa shape index (κ1) is 7.15. The van der Waals surface area contributed by atoms with Crippen molar-refractivity contribution in [1.29, 1.82) is 0 Å². The lowest BCUT2D eigenvalue weighted by Crippen LogP contribution is -2.44. The van der Waals surface area contributed by atoms with Gasteiger partial charge in [0.25, 0.3) is 0 Å². The minimum absolute atomic E-state index is 0.535. The molecular weight excluding hydrogens is 161 g/mol. The van der Waals surface area contributed by atoms with Gasteiger partial charge >= 0.3 is 0 Å². The van der Waals surface area contributed by atoms with E-state index in [2.05, 4.69) is 5.53 Å². The second-order valence-corrected chi connectivity index (χ2v) is 2.70. The van der Waals surface area contributed by atoms with E-state index in [9.17, 15) is 0 Å². The Morgan fingerprint density at radius 1 is 1.78 bits per heavy atom. The van der Waals surface area contributed by atoms with Gasteiger partial charge in [-0.1, -0.05) is 11.6 Å². The molecule has 0 aromatic heterocycles. The first-order chi connectivity index (χ1) is 4.18. The van der Waals surface area contributed by atoms with Crippen LogP contribution < -0.4 is 5.53 Å². The van der Waals surface area contributed by atoms with Crippen molar-refractivity contribution in [2.75, 3.05) is 13.6 Å². The van der Waals surface area contributed by atoms with Crippen molar-refractivity contribution in [1.82, 2.24) is 15.1 Å². The van der Waals surface area contributed by atoms with Gasteiger partial charge < -0.3 is 5.01 Å². The quantitative estimate of drug-likeness (QED) is 0.542. The predicted octanol–water partition coefficient (Wildman–Crippen LogP) is 0.887. The monoisotopic (exact) mass is 167 g/mol. The van der Waals surface area contributed by atoms with Gasteiger partial charge in [0.2, 0.25) is 0 Å². The molecule has 52 valence electrons. The van der Waals surface area contributed by atoms with Crippen LogP contribution in [-0.4, -0.2) is 23.1 Å². The van der Waals surface area contributed by atoms with Crippen molar-refractivity contribution >= 4 is 23.4 Å². The van der Waals surface area contributed by atoms with E-state index in [0.717, 1.165) is 0 Å². The lowest BCUT2D eigenvalue weighted by Gasteiger charge is -2.26. The van der Waals surface area contributed by atoms with Gasteiger partial charge in [0.1, 0.15) is 0 Å².